The monoisotopic (exact) mass is 372 g/mol. The molecular weight excluding hydrogens is 352 g/mol. The van der Waals surface area contributed by atoms with Crippen molar-refractivity contribution in [2.45, 2.75) is 26.2 Å². The quantitative estimate of drug-likeness (QED) is 0.461. The number of ketones is 1. The fourth-order valence-corrected chi connectivity index (χ4v) is 3.32. The van der Waals surface area contributed by atoms with Gasteiger partial charge in [-0.15, -0.1) is 0 Å². The maximum Gasteiger partial charge on any atom is 0.335 e. The summed E-state index contributed by atoms with van der Waals surface area (Å²) in [6, 6.07) is 17.5. The van der Waals surface area contributed by atoms with Gasteiger partial charge in [-0.25, -0.2) is 4.79 Å². The number of hydrogen-bond donors (Lipinski definition) is 1. The summed E-state index contributed by atoms with van der Waals surface area (Å²) in [5.74, 6) is -1.17. The van der Waals surface area contributed by atoms with Crippen LogP contribution in [0.1, 0.15) is 52.6 Å². The van der Waals surface area contributed by atoms with Gasteiger partial charge in [-0.2, -0.15) is 0 Å². The Kier molecular flexibility index (Phi) is 4.07. The molecule has 0 amide bonds. The van der Waals surface area contributed by atoms with Gasteiger partial charge in [0.2, 0.25) is 0 Å². The predicted molar refractivity (Wildman–Crippen MR) is 109 cm³/mol. The highest BCUT2D eigenvalue weighted by atomic mass is 16.4. The second-order valence-corrected chi connectivity index (χ2v) is 7.99. The Morgan fingerprint density at radius 3 is 1.89 bits per heavy atom. The third-order valence-corrected chi connectivity index (χ3v) is 4.99. The molecule has 0 saturated carbocycles. The summed E-state index contributed by atoms with van der Waals surface area (Å²) in [7, 11) is 0. The molecule has 1 aromatic heterocycles. The molecule has 3 aromatic carbocycles. The minimum Gasteiger partial charge on any atom is -0.478 e. The number of carboxylic acid groups (broad SMARTS) is 1. The van der Waals surface area contributed by atoms with Crippen LogP contribution in [0.2, 0.25) is 0 Å². The lowest BCUT2D eigenvalue weighted by atomic mass is 9.86. The maximum absolute atomic E-state index is 12.9. The minimum atomic E-state index is -1.01. The van der Waals surface area contributed by atoms with Crippen molar-refractivity contribution in [3.05, 3.63) is 82.9 Å². The van der Waals surface area contributed by atoms with E-state index in [0.717, 1.165) is 21.9 Å². The van der Waals surface area contributed by atoms with Gasteiger partial charge in [-0.3, -0.25) is 4.79 Å². The summed E-state index contributed by atoms with van der Waals surface area (Å²) in [6.07, 6.45) is 0. The van der Waals surface area contributed by atoms with Crippen LogP contribution >= 0.6 is 0 Å². The molecule has 1 N–H and O–H groups in total. The highest BCUT2D eigenvalue weighted by Gasteiger charge is 2.17. The predicted octanol–water partition coefficient (Wildman–Crippen LogP) is 5.81. The number of carbonyl (C=O) groups excluding carboxylic acids is 1. The number of rotatable bonds is 3. The second-order valence-electron chi connectivity index (χ2n) is 7.99. The zero-order valence-corrected chi connectivity index (χ0v) is 15.9. The fraction of sp³-hybridized carbons (Fsp3) is 0.167. The lowest BCUT2D eigenvalue weighted by molar-refractivity contribution is 0.0696. The van der Waals surface area contributed by atoms with E-state index >= 15 is 0 Å². The summed E-state index contributed by atoms with van der Waals surface area (Å²) in [5.41, 5.74) is 3.88. The van der Waals surface area contributed by atoms with E-state index in [-0.39, 0.29) is 16.8 Å². The first-order chi connectivity index (χ1) is 13.2. The van der Waals surface area contributed by atoms with E-state index < -0.39 is 5.97 Å². The molecule has 0 aliphatic rings. The lowest BCUT2D eigenvalue weighted by Crippen LogP contribution is -2.10. The average molecular weight is 372 g/mol. The third-order valence-electron chi connectivity index (χ3n) is 4.99. The van der Waals surface area contributed by atoms with Crippen molar-refractivity contribution in [1.29, 1.82) is 0 Å². The number of benzene rings is 3. The van der Waals surface area contributed by atoms with E-state index in [1.807, 2.05) is 18.2 Å². The van der Waals surface area contributed by atoms with Gasteiger partial charge in [0.05, 0.1) is 5.56 Å². The standard InChI is InChI=1S/C24H20O4/c1-24(2,3)17-9-11-21-19(13-17)18-12-16(8-10-20(18)28-21)22(25)14-4-6-15(7-5-14)23(26)27/h4-13H,1-3H3,(H,26,27). The summed E-state index contributed by atoms with van der Waals surface area (Å²) >= 11 is 0. The van der Waals surface area contributed by atoms with E-state index in [1.165, 1.54) is 17.7 Å². The number of carboxylic acids is 1. The molecule has 0 aliphatic carbocycles. The molecule has 4 nitrogen and oxygen atoms in total. The van der Waals surface area contributed by atoms with Crippen molar-refractivity contribution < 1.29 is 19.1 Å². The highest BCUT2D eigenvalue weighted by molar-refractivity contribution is 6.13. The summed E-state index contributed by atoms with van der Waals surface area (Å²) in [6.45, 7) is 6.48. The molecule has 4 heteroatoms. The van der Waals surface area contributed by atoms with Gasteiger partial charge < -0.3 is 9.52 Å². The van der Waals surface area contributed by atoms with Gasteiger partial charge in [0, 0.05) is 21.9 Å². The highest BCUT2D eigenvalue weighted by Crippen LogP contribution is 2.33. The van der Waals surface area contributed by atoms with Crippen LogP contribution < -0.4 is 0 Å². The first-order valence-electron chi connectivity index (χ1n) is 9.09. The Morgan fingerprint density at radius 1 is 0.750 bits per heavy atom. The van der Waals surface area contributed by atoms with E-state index in [0.29, 0.717) is 11.1 Å². The Morgan fingerprint density at radius 2 is 1.29 bits per heavy atom. The van der Waals surface area contributed by atoms with Gasteiger partial charge in [0.1, 0.15) is 11.2 Å². The summed E-state index contributed by atoms with van der Waals surface area (Å²) in [5, 5.41) is 10.9. The molecule has 0 radical (unpaired) electrons. The van der Waals surface area contributed by atoms with Crippen molar-refractivity contribution in [3.63, 3.8) is 0 Å². The molecular formula is C24H20O4. The Labute approximate surface area is 162 Å². The van der Waals surface area contributed by atoms with Crippen molar-refractivity contribution in [2.75, 3.05) is 0 Å². The van der Waals surface area contributed by atoms with E-state index in [1.54, 1.807) is 18.2 Å². The Balaban J connectivity index is 1.80. The number of fused-ring (bicyclic) bond motifs is 3. The van der Waals surface area contributed by atoms with Gasteiger partial charge in [-0.05, 0) is 53.4 Å². The SMILES string of the molecule is CC(C)(C)c1ccc2oc3ccc(C(=O)c4ccc(C(=O)O)cc4)cc3c2c1. The van der Waals surface area contributed by atoms with Crippen LogP contribution in [0.3, 0.4) is 0 Å². The molecule has 28 heavy (non-hydrogen) atoms. The summed E-state index contributed by atoms with van der Waals surface area (Å²) < 4.78 is 5.93. The van der Waals surface area contributed by atoms with E-state index in [9.17, 15) is 9.59 Å². The van der Waals surface area contributed by atoms with Crippen molar-refractivity contribution in [3.8, 4) is 0 Å². The van der Waals surface area contributed by atoms with Gasteiger partial charge in [0.15, 0.2) is 5.78 Å². The van der Waals surface area contributed by atoms with Crippen LogP contribution in [-0.2, 0) is 5.41 Å². The number of furan rings is 1. The molecule has 140 valence electrons. The minimum absolute atomic E-state index is 0.0110. The molecule has 4 rings (SSSR count). The van der Waals surface area contributed by atoms with E-state index in [4.69, 9.17) is 9.52 Å². The number of hydrogen-bond acceptors (Lipinski definition) is 3. The normalized spacial score (nSPS) is 11.8. The van der Waals surface area contributed by atoms with Gasteiger partial charge in [-0.1, -0.05) is 39.0 Å². The average Bonchev–Trinajstić information content (AvgIpc) is 3.04. The molecule has 0 atom stereocenters. The van der Waals surface area contributed by atoms with Gasteiger partial charge in [0.25, 0.3) is 0 Å². The molecule has 0 aliphatic heterocycles. The molecule has 0 saturated heterocycles. The zero-order chi connectivity index (χ0) is 20.1. The van der Waals surface area contributed by atoms with Crippen LogP contribution in [0.5, 0.6) is 0 Å². The topological polar surface area (TPSA) is 67.5 Å². The van der Waals surface area contributed by atoms with Crippen LogP contribution in [0, 0.1) is 0 Å². The summed E-state index contributed by atoms with van der Waals surface area (Å²) in [4.78, 5) is 23.9. The fourth-order valence-electron chi connectivity index (χ4n) is 3.32. The first kappa shape index (κ1) is 18.0. The molecule has 0 bridgehead atoms. The van der Waals surface area contributed by atoms with Crippen LogP contribution in [0.25, 0.3) is 21.9 Å². The number of carbonyl (C=O) groups is 2. The lowest BCUT2D eigenvalue weighted by Gasteiger charge is -2.18. The molecule has 4 aromatic rings. The largest absolute Gasteiger partial charge is 0.478 e. The molecule has 1 heterocycles. The molecule has 0 fully saturated rings. The maximum atomic E-state index is 12.9. The van der Waals surface area contributed by atoms with Crippen molar-refractivity contribution >= 4 is 33.7 Å². The second kappa shape index (κ2) is 6.34. The Hall–Kier alpha value is -3.40. The molecule has 0 unspecified atom stereocenters. The molecule has 0 spiro atoms. The third kappa shape index (κ3) is 3.07. The van der Waals surface area contributed by atoms with Crippen LogP contribution in [-0.4, -0.2) is 16.9 Å². The van der Waals surface area contributed by atoms with Gasteiger partial charge >= 0.3 is 5.97 Å². The van der Waals surface area contributed by atoms with E-state index in [2.05, 4.69) is 32.9 Å². The first-order valence-corrected chi connectivity index (χ1v) is 9.09. The van der Waals surface area contributed by atoms with Crippen LogP contribution in [0.15, 0.2) is 65.1 Å². The Bertz CT molecular complexity index is 1220. The zero-order valence-electron chi connectivity index (χ0n) is 15.9. The van der Waals surface area contributed by atoms with Crippen molar-refractivity contribution in [2.24, 2.45) is 0 Å². The van der Waals surface area contributed by atoms with Crippen LogP contribution in [0.4, 0.5) is 0 Å². The number of aromatic carboxylic acids is 1. The smallest absolute Gasteiger partial charge is 0.335 e. The van der Waals surface area contributed by atoms with Crippen molar-refractivity contribution in [1.82, 2.24) is 0 Å².